The van der Waals surface area contributed by atoms with Crippen molar-refractivity contribution in [3.05, 3.63) is 30.2 Å². The first-order valence-corrected chi connectivity index (χ1v) is 13.0. The molecule has 9 heteroatoms. The third-order valence-electron chi connectivity index (χ3n) is 7.39. The quantitative estimate of drug-likeness (QED) is 0.340. The summed E-state index contributed by atoms with van der Waals surface area (Å²) in [5.41, 5.74) is 4.00. The predicted octanol–water partition coefficient (Wildman–Crippen LogP) is 3.45. The Morgan fingerprint density at radius 2 is 2.14 bits per heavy atom. The van der Waals surface area contributed by atoms with Crippen LogP contribution in [0.3, 0.4) is 0 Å². The monoisotopic (exact) mass is 495 g/mol. The molecule has 0 saturated carbocycles. The zero-order valence-electron chi connectivity index (χ0n) is 21.6. The largest absolute Gasteiger partial charge is 0.490 e. The summed E-state index contributed by atoms with van der Waals surface area (Å²) in [6.45, 7) is 8.93. The van der Waals surface area contributed by atoms with Crippen LogP contribution < -0.4 is 10.1 Å². The molecular formula is C27H37N5O4. The van der Waals surface area contributed by atoms with Gasteiger partial charge in [-0.05, 0) is 57.4 Å². The normalized spacial score (nSPS) is 23.5. The maximum atomic E-state index is 10.8. The second-order valence-electron chi connectivity index (χ2n) is 10.2. The van der Waals surface area contributed by atoms with Crippen molar-refractivity contribution in [2.24, 2.45) is 13.0 Å². The zero-order chi connectivity index (χ0) is 25.2. The lowest BCUT2D eigenvalue weighted by atomic mass is 10.0. The first-order chi connectivity index (χ1) is 17.4. The number of aryl methyl sites for hydroxylation is 2. The minimum absolute atomic E-state index is 0.000776. The van der Waals surface area contributed by atoms with Gasteiger partial charge in [0.25, 0.3) is 0 Å². The Morgan fingerprint density at radius 1 is 1.28 bits per heavy atom. The van der Waals surface area contributed by atoms with E-state index in [0.29, 0.717) is 13.2 Å². The molecule has 0 spiro atoms. The molecule has 0 aliphatic carbocycles. The first-order valence-electron chi connectivity index (χ1n) is 13.0. The summed E-state index contributed by atoms with van der Waals surface area (Å²) in [6, 6.07) is 4.30. The Bertz CT molecular complexity index is 1200. The number of benzene rings is 1. The lowest BCUT2D eigenvalue weighted by Gasteiger charge is -2.27. The summed E-state index contributed by atoms with van der Waals surface area (Å²) in [7, 11) is 1.96. The standard InChI is InChI=1S/C27H37N5O4/c1-17(15-33)12-28-8-7-18(2)36-25-11-20(10-22-26(25)19(3)31(4)30-22)21-13-29-32(14-21)23-16-35-24-6-5-9-34-27(23)24/h10-11,13-15,17-18,23-24,27-28H,5-9,12,16H2,1-4H3/t17-,18+,23-,24+,27+/m0/s1. The van der Waals surface area contributed by atoms with Crippen molar-refractivity contribution in [2.75, 3.05) is 26.3 Å². The Morgan fingerprint density at radius 3 is 2.97 bits per heavy atom. The van der Waals surface area contributed by atoms with Crippen LogP contribution in [0.1, 0.15) is 44.8 Å². The zero-order valence-corrected chi connectivity index (χ0v) is 21.6. The van der Waals surface area contributed by atoms with Crippen LogP contribution in [-0.2, 0) is 21.3 Å². The molecule has 2 aliphatic heterocycles. The molecule has 36 heavy (non-hydrogen) atoms. The van der Waals surface area contributed by atoms with E-state index in [1.807, 2.05) is 29.5 Å². The second kappa shape index (κ2) is 10.7. The molecular weight excluding hydrogens is 458 g/mol. The van der Waals surface area contributed by atoms with Gasteiger partial charge >= 0.3 is 0 Å². The van der Waals surface area contributed by atoms with Crippen LogP contribution in [0.2, 0.25) is 0 Å². The minimum Gasteiger partial charge on any atom is -0.490 e. The molecule has 5 atom stereocenters. The number of aldehydes is 1. The van der Waals surface area contributed by atoms with Crippen LogP contribution >= 0.6 is 0 Å². The average molecular weight is 496 g/mol. The van der Waals surface area contributed by atoms with E-state index in [4.69, 9.17) is 19.3 Å². The van der Waals surface area contributed by atoms with Crippen LogP contribution in [-0.4, -0.2) is 70.5 Å². The summed E-state index contributed by atoms with van der Waals surface area (Å²) >= 11 is 0. The van der Waals surface area contributed by atoms with Crippen molar-refractivity contribution in [3.8, 4) is 16.9 Å². The summed E-state index contributed by atoms with van der Waals surface area (Å²) in [5, 5.41) is 13.8. The highest BCUT2D eigenvalue weighted by atomic mass is 16.6. The van der Waals surface area contributed by atoms with Gasteiger partial charge in [0.2, 0.25) is 0 Å². The summed E-state index contributed by atoms with van der Waals surface area (Å²) in [4.78, 5) is 10.8. The van der Waals surface area contributed by atoms with Gasteiger partial charge in [-0.1, -0.05) is 6.92 Å². The number of rotatable bonds is 10. The van der Waals surface area contributed by atoms with Crippen molar-refractivity contribution in [1.29, 1.82) is 0 Å². The highest BCUT2D eigenvalue weighted by molar-refractivity contribution is 5.92. The Kier molecular flexibility index (Phi) is 7.41. The number of hydrogen-bond acceptors (Lipinski definition) is 7. The van der Waals surface area contributed by atoms with E-state index in [-0.39, 0.29) is 30.3 Å². The molecule has 2 fully saturated rings. The van der Waals surface area contributed by atoms with Crippen molar-refractivity contribution in [2.45, 2.75) is 64.4 Å². The van der Waals surface area contributed by atoms with Crippen molar-refractivity contribution >= 4 is 17.2 Å². The second-order valence-corrected chi connectivity index (χ2v) is 10.2. The number of carbonyl (C=O) groups is 1. The van der Waals surface area contributed by atoms with Crippen molar-refractivity contribution in [1.82, 2.24) is 24.9 Å². The molecule has 2 aliphatic rings. The topological polar surface area (TPSA) is 92.4 Å². The smallest absolute Gasteiger partial charge is 0.131 e. The number of ether oxygens (including phenoxy) is 3. The molecule has 0 amide bonds. The molecule has 1 N–H and O–H groups in total. The molecule has 1 aromatic carbocycles. The fourth-order valence-corrected chi connectivity index (χ4v) is 5.19. The molecule has 194 valence electrons. The molecule has 3 aromatic rings. The molecule has 5 rings (SSSR count). The van der Waals surface area contributed by atoms with Gasteiger partial charge in [-0.25, -0.2) is 0 Å². The summed E-state index contributed by atoms with van der Waals surface area (Å²) < 4.78 is 22.4. The van der Waals surface area contributed by atoms with E-state index in [2.05, 4.69) is 42.6 Å². The Labute approximate surface area is 212 Å². The fraction of sp³-hybridized carbons (Fsp3) is 0.593. The van der Waals surface area contributed by atoms with Gasteiger partial charge in [0.1, 0.15) is 24.2 Å². The van der Waals surface area contributed by atoms with E-state index in [1.54, 1.807) is 0 Å². The van der Waals surface area contributed by atoms with Gasteiger partial charge < -0.3 is 24.3 Å². The average Bonchev–Trinajstić information content (AvgIpc) is 3.59. The van der Waals surface area contributed by atoms with Gasteiger partial charge in [-0.2, -0.15) is 10.2 Å². The van der Waals surface area contributed by atoms with Crippen LogP contribution in [0, 0.1) is 12.8 Å². The number of carbonyl (C=O) groups excluding carboxylic acids is 1. The molecule has 9 nitrogen and oxygen atoms in total. The molecule has 0 unspecified atom stereocenters. The Balaban J connectivity index is 1.36. The summed E-state index contributed by atoms with van der Waals surface area (Å²) in [6.07, 6.45) is 8.13. The lowest BCUT2D eigenvalue weighted by Crippen LogP contribution is -2.35. The van der Waals surface area contributed by atoms with Crippen molar-refractivity contribution in [3.63, 3.8) is 0 Å². The van der Waals surface area contributed by atoms with Gasteiger partial charge in [0, 0.05) is 43.6 Å². The SMILES string of the molecule is Cc1c2c(O[C@H](C)CCNC[C@H](C)C=O)cc(-c3cnn([C@H]4CO[C@@H]5CCCO[C@@H]54)c3)cc2nn1C. The third-order valence-corrected chi connectivity index (χ3v) is 7.39. The fourth-order valence-electron chi connectivity index (χ4n) is 5.19. The van der Waals surface area contributed by atoms with Gasteiger partial charge in [-0.15, -0.1) is 0 Å². The maximum absolute atomic E-state index is 10.8. The number of aromatic nitrogens is 4. The predicted molar refractivity (Wildman–Crippen MR) is 137 cm³/mol. The number of hydrogen-bond donors (Lipinski definition) is 1. The first kappa shape index (κ1) is 24.9. The van der Waals surface area contributed by atoms with Crippen LogP contribution in [0.4, 0.5) is 0 Å². The maximum Gasteiger partial charge on any atom is 0.131 e. The number of nitrogens with zero attached hydrogens (tertiary/aromatic N) is 4. The van der Waals surface area contributed by atoms with E-state index in [0.717, 1.165) is 72.2 Å². The van der Waals surface area contributed by atoms with E-state index < -0.39 is 0 Å². The van der Waals surface area contributed by atoms with Crippen molar-refractivity contribution < 1.29 is 19.0 Å². The third kappa shape index (κ3) is 5.05. The summed E-state index contributed by atoms with van der Waals surface area (Å²) in [5.74, 6) is 0.845. The molecule has 4 heterocycles. The Hall–Kier alpha value is -2.75. The van der Waals surface area contributed by atoms with E-state index in [9.17, 15) is 4.79 Å². The molecule has 0 bridgehead atoms. The number of fused-ring (bicyclic) bond motifs is 2. The lowest BCUT2D eigenvalue weighted by molar-refractivity contribution is -0.110. The minimum atomic E-state index is 0.000776. The molecule has 2 saturated heterocycles. The van der Waals surface area contributed by atoms with E-state index >= 15 is 0 Å². The van der Waals surface area contributed by atoms with E-state index in [1.165, 1.54) is 0 Å². The number of nitrogens with one attached hydrogen (secondary N) is 1. The van der Waals surface area contributed by atoms with Crippen LogP contribution in [0.15, 0.2) is 24.5 Å². The van der Waals surface area contributed by atoms with Crippen LogP contribution in [0.25, 0.3) is 22.0 Å². The van der Waals surface area contributed by atoms with Gasteiger partial charge in [-0.3, -0.25) is 9.36 Å². The highest BCUT2D eigenvalue weighted by Crippen LogP contribution is 2.37. The van der Waals surface area contributed by atoms with Gasteiger partial charge in [0.15, 0.2) is 0 Å². The molecule has 0 radical (unpaired) electrons. The highest BCUT2D eigenvalue weighted by Gasteiger charge is 2.41. The molecule has 2 aromatic heterocycles. The van der Waals surface area contributed by atoms with Gasteiger partial charge in [0.05, 0.1) is 35.9 Å². The van der Waals surface area contributed by atoms with Crippen LogP contribution in [0.5, 0.6) is 5.75 Å².